The van der Waals surface area contributed by atoms with Crippen LogP contribution < -0.4 is 4.72 Å². The van der Waals surface area contributed by atoms with E-state index in [0.29, 0.717) is 21.9 Å². The minimum atomic E-state index is -3.71. The van der Waals surface area contributed by atoms with E-state index >= 15 is 0 Å². The van der Waals surface area contributed by atoms with Gasteiger partial charge < -0.3 is 4.52 Å². The van der Waals surface area contributed by atoms with Crippen LogP contribution in [0.2, 0.25) is 0 Å². The summed E-state index contributed by atoms with van der Waals surface area (Å²) in [5, 5.41) is 12.4. The number of nitrogens with one attached hydrogen (secondary N) is 1. The fourth-order valence-electron chi connectivity index (χ4n) is 1.80. The Morgan fingerprint density at radius 3 is 2.82 bits per heavy atom. The first-order valence-corrected chi connectivity index (χ1v) is 8.42. The average Bonchev–Trinajstić information content (AvgIpc) is 3.18. The van der Waals surface area contributed by atoms with Crippen molar-refractivity contribution in [3.05, 3.63) is 54.2 Å². The molecule has 0 radical (unpaired) electrons. The van der Waals surface area contributed by atoms with Gasteiger partial charge in [0, 0.05) is 6.07 Å². The lowest BCUT2D eigenvalue weighted by Crippen LogP contribution is -2.11. The number of anilines is 1. The summed E-state index contributed by atoms with van der Waals surface area (Å²) in [5.74, 6) is 0.512. The van der Waals surface area contributed by atoms with Crippen LogP contribution >= 0.6 is 11.3 Å². The molecule has 0 atom stereocenters. The fraction of sp³-hybridized carbons (Fsp3) is 0. The third-order valence-corrected chi connectivity index (χ3v) is 5.74. The first-order chi connectivity index (χ1) is 10.6. The van der Waals surface area contributed by atoms with Crippen molar-refractivity contribution in [2.75, 3.05) is 4.72 Å². The molecule has 0 aliphatic heterocycles. The molecule has 2 heterocycles. The lowest BCUT2D eigenvalue weighted by Gasteiger charge is -2.06. The van der Waals surface area contributed by atoms with Crippen molar-refractivity contribution < 1.29 is 12.9 Å². The third kappa shape index (κ3) is 2.86. The van der Waals surface area contributed by atoms with Gasteiger partial charge in [0.2, 0.25) is 0 Å². The van der Waals surface area contributed by atoms with Crippen LogP contribution in [-0.2, 0) is 10.0 Å². The summed E-state index contributed by atoms with van der Waals surface area (Å²) in [6, 6.07) is 13.1. The molecule has 3 rings (SSSR count). The molecule has 0 saturated heterocycles. The van der Waals surface area contributed by atoms with Crippen LogP contribution in [0.1, 0.15) is 5.56 Å². The summed E-state index contributed by atoms with van der Waals surface area (Å²) in [5.41, 5.74) is 0.724. The van der Waals surface area contributed by atoms with E-state index in [2.05, 4.69) is 9.88 Å². The number of thiophene rings is 1. The highest BCUT2D eigenvalue weighted by Crippen LogP contribution is 2.31. The lowest BCUT2D eigenvalue weighted by atomic mass is 10.2. The van der Waals surface area contributed by atoms with Gasteiger partial charge in [0.05, 0.1) is 28.4 Å². The Morgan fingerprint density at radius 1 is 1.23 bits per heavy atom. The Balaban J connectivity index is 1.88. The standard InChI is InChI=1S/C14H9N3O3S2/c15-9-10-2-1-3-11(8-10)17-22(18,19)14-5-4-13(21-14)12-6-7-16-20-12/h1-8,17H. The van der Waals surface area contributed by atoms with Crippen molar-refractivity contribution in [1.82, 2.24) is 5.16 Å². The van der Waals surface area contributed by atoms with Crippen LogP contribution in [0.5, 0.6) is 0 Å². The maximum atomic E-state index is 12.4. The zero-order chi connectivity index (χ0) is 15.6. The largest absolute Gasteiger partial charge is 0.355 e. The molecule has 22 heavy (non-hydrogen) atoms. The van der Waals surface area contributed by atoms with Crippen LogP contribution in [0.25, 0.3) is 10.6 Å². The van der Waals surface area contributed by atoms with Crippen molar-refractivity contribution in [2.24, 2.45) is 0 Å². The van der Waals surface area contributed by atoms with Gasteiger partial charge in [-0.05, 0) is 30.3 Å². The molecule has 0 saturated carbocycles. The average molecular weight is 331 g/mol. The number of rotatable bonds is 4. The van der Waals surface area contributed by atoms with Crippen molar-refractivity contribution in [1.29, 1.82) is 5.26 Å². The van der Waals surface area contributed by atoms with Gasteiger partial charge in [0.25, 0.3) is 10.0 Å². The summed E-state index contributed by atoms with van der Waals surface area (Å²) in [7, 11) is -3.71. The maximum Gasteiger partial charge on any atom is 0.271 e. The van der Waals surface area contributed by atoms with E-state index in [1.54, 1.807) is 30.3 Å². The summed E-state index contributed by atoms with van der Waals surface area (Å²) in [4.78, 5) is 0.670. The predicted molar refractivity (Wildman–Crippen MR) is 81.8 cm³/mol. The summed E-state index contributed by atoms with van der Waals surface area (Å²) < 4.78 is 32.3. The molecule has 0 amide bonds. The van der Waals surface area contributed by atoms with Gasteiger partial charge in [-0.1, -0.05) is 11.2 Å². The summed E-state index contributed by atoms with van der Waals surface area (Å²) in [6.45, 7) is 0. The zero-order valence-corrected chi connectivity index (χ0v) is 12.7. The highest BCUT2D eigenvalue weighted by atomic mass is 32.2. The van der Waals surface area contributed by atoms with Gasteiger partial charge in [0.15, 0.2) is 5.76 Å². The van der Waals surface area contributed by atoms with E-state index in [9.17, 15) is 8.42 Å². The molecule has 0 unspecified atom stereocenters. The number of aromatic nitrogens is 1. The van der Waals surface area contributed by atoms with E-state index < -0.39 is 10.0 Å². The Hall–Kier alpha value is -2.63. The Bertz CT molecular complexity index is 938. The number of hydrogen-bond donors (Lipinski definition) is 1. The van der Waals surface area contributed by atoms with E-state index in [1.807, 2.05) is 6.07 Å². The molecule has 0 fully saturated rings. The van der Waals surface area contributed by atoms with Crippen molar-refractivity contribution in [3.8, 4) is 16.7 Å². The van der Waals surface area contributed by atoms with Crippen LogP contribution in [0.15, 0.2) is 57.4 Å². The molecular weight excluding hydrogens is 322 g/mol. The Kier molecular flexibility index (Phi) is 3.66. The van der Waals surface area contributed by atoms with Gasteiger partial charge in [-0.15, -0.1) is 11.3 Å². The third-order valence-electron chi connectivity index (χ3n) is 2.77. The van der Waals surface area contributed by atoms with Gasteiger partial charge >= 0.3 is 0 Å². The van der Waals surface area contributed by atoms with Crippen molar-refractivity contribution in [2.45, 2.75) is 4.21 Å². The van der Waals surface area contributed by atoms with Crippen LogP contribution in [0.4, 0.5) is 5.69 Å². The minimum Gasteiger partial charge on any atom is -0.355 e. The molecule has 2 aromatic heterocycles. The first kappa shape index (κ1) is 14.3. The van der Waals surface area contributed by atoms with Gasteiger partial charge in [0.1, 0.15) is 4.21 Å². The second-order valence-corrected chi connectivity index (χ2v) is 7.29. The van der Waals surface area contributed by atoms with Gasteiger partial charge in [-0.3, -0.25) is 4.72 Å². The second kappa shape index (κ2) is 5.63. The van der Waals surface area contributed by atoms with Gasteiger partial charge in [-0.25, -0.2) is 8.42 Å². The van der Waals surface area contributed by atoms with Crippen LogP contribution in [0.3, 0.4) is 0 Å². The molecule has 0 bridgehead atoms. The summed E-state index contributed by atoms with van der Waals surface area (Å²) in [6.07, 6.45) is 1.49. The monoisotopic (exact) mass is 331 g/mol. The molecule has 0 aliphatic carbocycles. The Morgan fingerprint density at radius 2 is 2.09 bits per heavy atom. The molecular formula is C14H9N3O3S2. The zero-order valence-electron chi connectivity index (χ0n) is 11.1. The van der Waals surface area contributed by atoms with E-state index in [0.717, 1.165) is 11.3 Å². The van der Waals surface area contributed by atoms with Crippen molar-refractivity contribution >= 4 is 27.0 Å². The van der Waals surface area contributed by atoms with Crippen LogP contribution in [-0.4, -0.2) is 13.6 Å². The first-order valence-electron chi connectivity index (χ1n) is 6.12. The molecule has 1 N–H and O–H groups in total. The fourth-order valence-corrected chi connectivity index (χ4v) is 4.11. The highest BCUT2D eigenvalue weighted by molar-refractivity contribution is 7.94. The van der Waals surface area contributed by atoms with E-state index in [4.69, 9.17) is 9.78 Å². The molecule has 0 spiro atoms. The topological polar surface area (TPSA) is 96.0 Å². The van der Waals surface area contributed by atoms with E-state index in [1.165, 1.54) is 18.3 Å². The molecule has 8 heteroatoms. The molecule has 110 valence electrons. The number of sulfonamides is 1. The second-order valence-electron chi connectivity index (χ2n) is 4.29. The quantitative estimate of drug-likeness (QED) is 0.792. The Labute approximate surface area is 130 Å². The molecule has 1 aromatic carbocycles. The van der Waals surface area contributed by atoms with Gasteiger partial charge in [-0.2, -0.15) is 5.26 Å². The molecule has 6 nitrogen and oxygen atoms in total. The number of nitriles is 1. The highest BCUT2D eigenvalue weighted by Gasteiger charge is 2.18. The van der Waals surface area contributed by atoms with Crippen LogP contribution in [0, 0.1) is 11.3 Å². The minimum absolute atomic E-state index is 0.154. The predicted octanol–water partition coefficient (Wildman–Crippen LogP) is 3.08. The molecule has 3 aromatic rings. The van der Waals surface area contributed by atoms with Crippen molar-refractivity contribution in [3.63, 3.8) is 0 Å². The van der Waals surface area contributed by atoms with E-state index in [-0.39, 0.29) is 4.21 Å². The normalized spacial score (nSPS) is 11.0. The summed E-state index contributed by atoms with van der Waals surface area (Å²) >= 11 is 1.08. The SMILES string of the molecule is N#Cc1cccc(NS(=O)(=O)c2ccc(-c3ccno3)s2)c1. The number of benzene rings is 1. The number of hydrogen-bond acceptors (Lipinski definition) is 6. The maximum absolute atomic E-state index is 12.4. The smallest absolute Gasteiger partial charge is 0.271 e. The molecule has 0 aliphatic rings. The number of nitrogens with zero attached hydrogens (tertiary/aromatic N) is 2. The lowest BCUT2D eigenvalue weighted by molar-refractivity contribution is 0.433.